The number of hydrogen-bond donors (Lipinski definition) is 1. The molecular formula is C11H22N2O. The first kappa shape index (κ1) is 11.5. The van der Waals surface area contributed by atoms with E-state index >= 15 is 0 Å². The highest BCUT2D eigenvalue weighted by molar-refractivity contribution is 5.78. The molecule has 0 aliphatic heterocycles. The van der Waals surface area contributed by atoms with Crippen molar-refractivity contribution in [1.82, 2.24) is 4.90 Å². The van der Waals surface area contributed by atoms with Crippen LogP contribution < -0.4 is 5.73 Å². The molecule has 1 atom stereocenters. The first-order valence-corrected chi connectivity index (χ1v) is 5.62. The van der Waals surface area contributed by atoms with Gasteiger partial charge in [0.1, 0.15) is 0 Å². The Morgan fingerprint density at radius 2 is 2.00 bits per heavy atom. The zero-order valence-electron chi connectivity index (χ0n) is 9.33. The lowest BCUT2D eigenvalue weighted by atomic mass is 9.88. The maximum Gasteiger partial charge on any atom is 0.225 e. The van der Waals surface area contributed by atoms with Crippen molar-refractivity contribution in [2.45, 2.75) is 45.1 Å². The largest absolute Gasteiger partial charge is 0.344 e. The summed E-state index contributed by atoms with van der Waals surface area (Å²) in [7, 11) is 1.86. The Balaban J connectivity index is 2.38. The smallest absolute Gasteiger partial charge is 0.225 e. The molecule has 1 aliphatic rings. The van der Waals surface area contributed by atoms with Gasteiger partial charge in [0.2, 0.25) is 5.91 Å². The highest BCUT2D eigenvalue weighted by Crippen LogP contribution is 2.24. The van der Waals surface area contributed by atoms with E-state index in [0.717, 1.165) is 12.8 Å². The fourth-order valence-electron chi connectivity index (χ4n) is 2.18. The lowest BCUT2D eigenvalue weighted by Gasteiger charge is -2.27. The molecule has 82 valence electrons. The fraction of sp³-hybridized carbons (Fsp3) is 0.909. The molecule has 14 heavy (non-hydrogen) atoms. The lowest BCUT2D eigenvalue weighted by Crippen LogP contribution is -2.40. The fourth-order valence-corrected chi connectivity index (χ4v) is 2.18. The average molecular weight is 198 g/mol. The zero-order chi connectivity index (χ0) is 10.6. The van der Waals surface area contributed by atoms with Crippen molar-refractivity contribution in [3.63, 3.8) is 0 Å². The van der Waals surface area contributed by atoms with E-state index in [4.69, 9.17) is 5.73 Å². The van der Waals surface area contributed by atoms with Gasteiger partial charge in [-0.3, -0.25) is 4.79 Å². The Morgan fingerprint density at radius 3 is 2.50 bits per heavy atom. The molecule has 0 heterocycles. The Bertz CT molecular complexity index is 186. The summed E-state index contributed by atoms with van der Waals surface area (Å²) in [5, 5.41) is 0. The molecule has 1 saturated carbocycles. The Kier molecular flexibility index (Phi) is 4.39. The molecule has 1 aliphatic carbocycles. The van der Waals surface area contributed by atoms with E-state index in [9.17, 15) is 4.79 Å². The van der Waals surface area contributed by atoms with Crippen molar-refractivity contribution < 1.29 is 4.79 Å². The van der Waals surface area contributed by atoms with Gasteiger partial charge in [0, 0.05) is 25.6 Å². The molecule has 0 aromatic rings. The van der Waals surface area contributed by atoms with Gasteiger partial charge >= 0.3 is 0 Å². The van der Waals surface area contributed by atoms with Gasteiger partial charge in [-0.1, -0.05) is 19.3 Å². The Morgan fingerprint density at radius 1 is 1.43 bits per heavy atom. The van der Waals surface area contributed by atoms with E-state index in [0.29, 0.717) is 12.5 Å². The predicted molar refractivity (Wildman–Crippen MR) is 57.9 cm³/mol. The topological polar surface area (TPSA) is 46.3 Å². The number of nitrogens with two attached hydrogens (primary N) is 1. The molecule has 3 heteroatoms. The van der Waals surface area contributed by atoms with E-state index in [1.807, 2.05) is 14.0 Å². The molecular weight excluding hydrogens is 176 g/mol. The molecule has 2 N–H and O–H groups in total. The van der Waals surface area contributed by atoms with Gasteiger partial charge in [-0.2, -0.15) is 0 Å². The summed E-state index contributed by atoms with van der Waals surface area (Å²) in [5.41, 5.74) is 5.67. The van der Waals surface area contributed by atoms with Crippen LogP contribution in [0.15, 0.2) is 0 Å². The third-order valence-corrected chi connectivity index (χ3v) is 2.89. The van der Waals surface area contributed by atoms with Gasteiger partial charge in [0.25, 0.3) is 0 Å². The van der Waals surface area contributed by atoms with E-state index in [1.165, 1.54) is 19.3 Å². The summed E-state index contributed by atoms with van der Waals surface area (Å²) in [6.07, 6.45) is 5.86. The summed E-state index contributed by atoms with van der Waals surface area (Å²) in [5.74, 6) is 0.564. The van der Waals surface area contributed by atoms with E-state index < -0.39 is 0 Å². The van der Waals surface area contributed by atoms with Crippen LogP contribution in [0, 0.1) is 5.92 Å². The molecule has 0 bridgehead atoms. The van der Waals surface area contributed by atoms with Crippen molar-refractivity contribution >= 4 is 5.91 Å². The van der Waals surface area contributed by atoms with E-state index in [-0.39, 0.29) is 12.0 Å². The maximum absolute atomic E-state index is 11.9. The van der Waals surface area contributed by atoms with Crippen molar-refractivity contribution in [3.05, 3.63) is 0 Å². The second kappa shape index (κ2) is 5.35. The molecule has 0 radical (unpaired) electrons. The van der Waals surface area contributed by atoms with Crippen LogP contribution in [0.3, 0.4) is 0 Å². The summed E-state index contributed by atoms with van der Waals surface area (Å²) >= 11 is 0. The minimum Gasteiger partial charge on any atom is -0.344 e. The predicted octanol–water partition coefficient (Wildman–Crippen LogP) is 1.37. The highest BCUT2D eigenvalue weighted by Gasteiger charge is 2.23. The second-order valence-corrected chi connectivity index (χ2v) is 4.53. The molecule has 1 amide bonds. The molecule has 1 rings (SSSR count). The highest BCUT2D eigenvalue weighted by atomic mass is 16.2. The molecule has 0 aromatic carbocycles. The minimum absolute atomic E-state index is 0.0764. The lowest BCUT2D eigenvalue weighted by molar-refractivity contribution is -0.135. The molecule has 1 unspecified atom stereocenters. The first-order chi connectivity index (χ1) is 6.61. The molecule has 0 aromatic heterocycles. The van der Waals surface area contributed by atoms with Gasteiger partial charge < -0.3 is 10.6 Å². The van der Waals surface area contributed by atoms with Crippen LogP contribution in [-0.2, 0) is 4.79 Å². The normalized spacial score (nSPS) is 20.5. The second-order valence-electron chi connectivity index (χ2n) is 4.53. The number of hydrogen-bond acceptors (Lipinski definition) is 2. The van der Waals surface area contributed by atoms with Gasteiger partial charge in [-0.15, -0.1) is 0 Å². The van der Waals surface area contributed by atoms with Crippen molar-refractivity contribution in [2.75, 3.05) is 13.6 Å². The number of carbonyl (C=O) groups is 1. The van der Waals surface area contributed by atoms with Gasteiger partial charge in [-0.25, -0.2) is 0 Å². The monoisotopic (exact) mass is 198 g/mol. The quantitative estimate of drug-likeness (QED) is 0.744. The van der Waals surface area contributed by atoms with Gasteiger partial charge in [-0.05, 0) is 19.8 Å². The number of rotatable bonds is 3. The van der Waals surface area contributed by atoms with Crippen LogP contribution in [0.5, 0.6) is 0 Å². The number of likely N-dealkylation sites (N-methyl/N-ethyl adjacent to an activating group) is 1. The Labute approximate surface area is 86.6 Å². The minimum atomic E-state index is 0.0764. The summed E-state index contributed by atoms with van der Waals surface area (Å²) in [6.45, 7) is 2.61. The molecule has 3 nitrogen and oxygen atoms in total. The average Bonchev–Trinajstić information content (AvgIpc) is 2.17. The van der Waals surface area contributed by atoms with Gasteiger partial charge in [0.05, 0.1) is 0 Å². The van der Waals surface area contributed by atoms with Crippen LogP contribution in [0.25, 0.3) is 0 Å². The zero-order valence-corrected chi connectivity index (χ0v) is 9.33. The van der Waals surface area contributed by atoms with Crippen molar-refractivity contribution in [3.8, 4) is 0 Å². The van der Waals surface area contributed by atoms with Crippen molar-refractivity contribution in [2.24, 2.45) is 11.7 Å². The third-order valence-electron chi connectivity index (χ3n) is 2.89. The third kappa shape index (κ3) is 3.29. The summed E-state index contributed by atoms with van der Waals surface area (Å²) in [6, 6.07) is 0.0764. The van der Waals surface area contributed by atoms with E-state index in [2.05, 4.69) is 0 Å². The van der Waals surface area contributed by atoms with E-state index in [1.54, 1.807) is 4.90 Å². The molecule has 0 spiro atoms. The van der Waals surface area contributed by atoms with Crippen LogP contribution in [0.2, 0.25) is 0 Å². The molecule has 1 fully saturated rings. The summed E-state index contributed by atoms with van der Waals surface area (Å²) < 4.78 is 0. The number of amides is 1. The first-order valence-electron chi connectivity index (χ1n) is 5.62. The van der Waals surface area contributed by atoms with Crippen LogP contribution in [0.4, 0.5) is 0 Å². The number of nitrogens with zero attached hydrogens (tertiary/aromatic N) is 1. The van der Waals surface area contributed by atoms with Crippen LogP contribution >= 0.6 is 0 Å². The maximum atomic E-state index is 11.9. The molecule has 0 saturated heterocycles. The standard InChI is InChI=1S/C11H22N2O/c1-9(12)8-13(2)11(14)10-6-4-3-5-7-10/h9-10H,3-8,12H2,1-2H3. The van der Waals surface area contributed by atoms with Crippen LogP contribution in [-0.4, -0.2) is 30.4 Å². The summed E-state index contributed by atoms with van der Waals surface area (Å²) in [4.78, 5) is 13.7. The van der Waals surface area contributed by atoms with Crippen LogP contribution in [0.1, 0.15) is 39.0 Å². The van der Waals surface area contributed by atoms with Gasteiger partial charge in [0.15, 0.2) is 0 Å². The van der Waals surface area contributed by atoms with Crippen molar-refractivity contribution in [1.29, 1.82) is 0 Å². The number of carbonyl (C=O) groups excluding carboxylic acids is 1. The Hall–Kier alpha value is -0.570. The SMILES string of the molecule is CC(N)CN(C)C(=O)C1CCCCC1.